The number of likely N-dealkylation sites (tertiary alicyclic amines) is 1. The number of rotatable bonds is 6. The third-order valence-corrected chi connectivity index (χ3v) is 7.71. The molecule has 3 atom stereocenters. The summed E-state index contributed by atoms with van der Waals surface area (Å²) >= 11 is 0. The summed E-state index contributed by atoms with van der Waals surface area (Å²) < 4.78 is 11.3. The predicted molar refractivity (Wildman–Crippen MR) is 134 cm³/mol. The van der Waals surface area contributed by atoms with Crippen molar-refractivity contribution >= 4 is 16.9 Å². The van der Waals surface area contributed by atoms with Crippen molar-refractivity contribution in [3.05, 3.63) is 76.1 Å². The van der Waals surface area contributed by atoms with Gasteiger partial charge in [-0.25, -0.2) is 4.79 Å². The van der Waals surface area contributed by atoms with Crippen molar-refractivity contribution in [1.82, 2.24) is 4.90 Å². The van der Waals surface area contributed by atoms with Gasteiger partial charge in [-0.2, -0.15) is 0 Å². The number of hydrogen-bond donors (Lipinski definition) is 1. The summed E-state index contributed by atoms with van der Waals surface area (Å²) in [7, 11) is 0. The highest BCUT2D eigenvalue weighted by atomic mass is 16.5. The van der Waals surface area contributed by atoms with E-state index in [9.17, 15) is 14.7 Å². The molecular formula is C29H33NO5. The van der Waals surface area contributed by atoms with Crippen LogP contribution in [0.5, 0.6) is 5.75 Å². The molecule has 1 amide bonds. The van der Waals surface area contributed by atoms with Gasteiger partial charge < -0.3 is 19.2 Å². The lowest BCUT2D eigenvalue weighted by Gasteiger charge is -2.52. The molecule has 2 heterocycles. The first-order valence-corrected chi connectivity index (χ1v) is 12.7. The molecule has 0 spiro atoms. The van der Waals surface area contributed by atoms with E-state index in [-0.39, 0.29) is 30.1 Å². The van der Waals surface area contributed by atoms with Gasteiger partial charge in [-0.1, -0.05) is 56.5 Å². The fourth-order valence-electron chi connectivity index (χ4n) is 6.03. The smallest absolute Gasteiger partial charge is 0.336 e. The minimum atomic E-state index is -0.720. The van der Waals surface area contributed by atoms with Crippen molar-refractivity contribution in [3.63, 3.8) is 0 Å². The Hall–Kier alpha value is -3.12. The van der Waals surface area contributed by atoms with E-state index in [0.29, 0.717) is 24.3 Å². The molecule has 2 fully saturated rings. The highest BCUT2D eigenvalue weighted by molar-refractivity contribution is 5.82. The summed E-state index contributed by atoms with van der Waals surface area (Å²) in [6.07, 6.45) is 6.12. The molecule has 0 bridgehead atoms. The zero-order valence-electron chi connectivity index (χ0n) is 20.2. The molecule has 35 heavy (non-hydrogen) atoms. The van der Waals surface area contributed by atoms with Gasteiger partial charge in [0.15, 0.2) is 6.61 Å². The number of amides is 1. The lowest BCUT2D eigenvalue weighted by molar-refractivity contribution is -0.157. The largest absolute Gasteiger partial charge is 0.484 e. The number of ether oxygens (including phenoxy) is 1. The molecule has 6 heteroatoms. The molecule has 2 unspecified atom stereocenters. The van der Waals surface area contributed by atoms with Gasteiger partial charge in [0.1, 0.15) is 11.3 Å². The van der Waals surface area contributed by atoms with Crippen LogP contribution < -0.4 is 10.4 Å². The van der Waals surface area contributed by atoms with E-state index < -0.39 is 5.60 Å². The maximum Gasteiger partial charge on any atom is 0.336 e. The van der Waals surface area contributed by atoms with Crippen molar-refractivity contribution in [2.24, 2.45) is 5.92 Å². The van der Waals surface area contributed by atoms with E-state index in [1.165, 1.54) is 0 Å². The summed E-state index contributed by atoms with van der Waals surface area (Å²) in [6.45, 7) is 2.46. The molecule has 1 N–H and O–H groups in total. The zero-order valence-corrected chi connectivity index (χ0v) is 20.2. The lowest BCUT2D eigenvalue weighted by atomic mass is 9.66. The lowest BCUT2D eigenvalue weighted by Crippen LogP contribution is -2.56. The molecule has 0 radical (unpaired) electrons. The van der Waals surface area contributed by atoms with Gasteiger partial charge in [0, 0.05) is 30.0 Å². The number of aryl methyl sites for hydroxylation is 1. The van der Waals surface area contributed by atoms with E-state index in [4.69, 9.17) is 9.15 Å². The van der Waals surface area contributed by atoms with Crippen LogP contribution >= 0.6 is 0 Å². The Bertz CT molecular complexity index is 1250. The maximum absolute atomic E-state index is 13.4. The van der Waals surface area contributed by atoms with Crippen molar-refractivity contribution < 1.29 is 19.1 Å². The van der Waals surface area contributed by atoms with Gasteiger partial charge in [-0.3, -0.25) is 4.79 Å². The first-order chi connectivity index (χ1) is 17.0. The Balaban J connectivity index is 1.37. The van der Waals surface area contributed by atoms with Gasteiger partial charge in [0.2, 0.25) is 0 Å². The standard InChI is InChI=1S/C29H33NO5/c1-2-8-21-17-27(32)35-25-18-22(12-13-23(21)25)34-19-26(31)30-16-15-29(33)14-7-6-11-24(29)28(30)20-9-4-3-5-10-20/h3-5,9-10,12-13,17-18,24,28,33H,2,6-8,11,14-16,19H2,1H3/t24?,28-,29?/m0/s1. The fraction of sp³-hybridized carbons (Fsp3) is 0.448. The summed E-state index contributed by atoms with van der Waals surface area (Å²) in [5.74, 6) is 0.404. The molecule has 184 valence electrons. The molecule has 2 aliphatic rings. The van der Waals surface area contributed by atoms with Gasteiger partial charge in [0.25, 0.3) is 5.91 Å². The third-order valence-electron chi connectivity index (χ3n) is 7.71. The number of piperidine rings is 1. The molecule has 1 aromatic heterocycles. The van der Waals surface area contributed by atoms with Crippen LogP contribution in [0.1, 0.15) is 62.6 Å². The van der Waals surface area contributed by atoms with Crippen molar-refractivity contribution in [1.29, 1.82) is 0 Å². The van der Waals surface area contributed by atoms with Gasteiger partial charge in [0.05, 0.1) is 11.6 Å². The van der Waals surface area contributed by atoms with Crippen LogP contribution in [0.4, 0.5) is 0 Å². The van der Waals surface area contributed by atoms with E-state index in [1.54, 1.807) is 12.1 Å². The monoisotopic (exact) mass is 475 g/mol. The topological polar surface area (TPSA) is 80.0 Å². The summed E-state index contributed by atoms with van der Waals surface area (Å²) in [6, 6.07) is 16.8. The molecule has 5 rings (SSSR count). The van der Waals surface area contributed by atoms with Crippen LogP contribution in [0, 0.1) is 5.92 Å². The molecule has 6 nitrogen and oxygen atoms in total. The van der Waals surface area contributed by atoms with Gasteiger partial charge in [-0.05, 0) is 48.9 Å². The minimum absolute atomic E-state index is 0.0169. The fourth-order valence-corrected chi connectivity index (χ4v) is 6.03. The Morgan fingerprint density at radius 3 is 2.77 bits per heavy atom. The predicted octanol–water partition coefficient (Wildman–Crippen LogP) is 5.02. The van der Waals surface area contributed by atoms with Crippen LogP contribution in [0.25, 0.3) is 11.0 Å². The van der Waals surface area contributed by atoms with E-state index >= 15 is 0 Å². The van der Waals surface area contributed by atoms with Crippen LogP contribution in [0.15, 0.2) is 63.8 Å². The van der Waals surface area contributed by atoms with E-state index in [0.717, 1.165) is 55.0 Å². The second-order valence-corrected chi connectivity index (χ2v) is 9.94. The van der Waals surface area contributed by atoms with E-state index in [1.807, 2.05) is 47.4 Å². The van der Waals surface area contributed by atoms with Gasteiger partial charge >= 0.3 is 5.63 Å². The normalized spacial score (nSPS) is 24.2. The number of fused-ring (bicyclic) bond motifs is 2. The third kappa shape index (κ3) is 4.72. The van der Waals surface area contributed by atoms with Crippen molar-refractivity contribution in [2.45, 2.75) is 63.5 Å². The number of hydrogen-bond acceptors (Lipinski definition) is 5. The van der Waals surface area contributed by atoms with Crippen LogP contribution in [-0.2, 0) is 11.2 Å². The molecule has 1 aliphatic carbocycles. The van der Waals surface area contributed by atoms with Gasteiger partial charge in [-0.15, -0.1) is 0 Å². The molecule has 1 saturated carbocycles. The number of carbonyl (C=O) groups is 1. The quantitative estimate of drug-likeness (QED) is 0.507. The van der Waals surface area contributed by atoms with E-state index in [2.05, 4.69) is 6.92 Å². The Morgan fingerprint density at radius 1 is 1.14 bits per heavy atom. The highest BCUT2D eigenvalue weighted by Gasteiger charge is 2.50. The minimum Gasteiger partial charge on any atom is -0.484 e. The summed E-state index contributed by atoms with van der Waals surface area (Å²) in [5, 5.41) is 12.3. The van der Waals surface area contributed by atoms with Crippen molar-refractivity contribution in [2.75, 3.05) is 13.2 Å². The molecule has 3 aromatic rings. The SMILES string of the molecule is CCCc1cc(=O)oc2cc(OCC(=O)N3CCC4(O)CCCCC4[C@@H]3c3ccccc3)ccc12. The maximum atomic E-state index is 13.4. The number of benzene rings is 2. The number of aliphatic hydroxyl groups is 1. The van der Waals surface area contributed by atoms with Crippen molar-refractivity contribution in [3.8, 4) is 5.75 Å². The molecule has 1 aliphatic heterocycles. The zero-order chi connectivity index (χ0) is 24.4. The average molecular weight is 476 g/mol. The second-order valence-electron chi connectivity index (χ2n) is 9.94. The summed E-state index contributed by atoms with van der Waals surface area (Å²) in [4.78, 5) is 27.3. The number of carbonyl (C=O) groups excluding carboxylic acids is 1. The van der Waals surface area contributed by atoms with Crippen LogP contribution in [-0.4, -0.2) is 34.7 Å². The average Bonchev–Trinajstić information content (AvgIpc) is 2.86. The number of nitrogens with zero attached hydrogens (tertiary/aromatic N) is 1. The summed E-state index contributed by atoms with van der Waals surface area (Å²) in [5.41, 5.74) is 1.39. The first-order valence-electron chi connectivity index (χ1n) is 12.7. The van der Waals surface area contributed by atoms with Crippen LogP contribution in [0.3, 0.4) is 0 Å². The molecule has 1 saturated heterocycles. The molecular weight excluding hydrogens is 442 g/mol. The highest BCUT2D eigenvalue weighted by Crippen LogP contribution is 2.49. The second kappa shape index (κ2) is 9.86. The first kappa shape index (κ1) is 23.6. The van der Waals surface area contributed by atoms with Crippen LogP contribution in [0.2, 0.25) is 0 Å². The molecule has 2 aromatic carbocycles. The Labute approximate surface area is 205 Å². The Morgan fingerprint density at radius 2 is 1.97 bits per heavy atom. The Kier molecular flexibility index (Phi) is 6.65.